The van der Waals surface area contributed by atoms with E-state index in [1.54, 1.807) is 6.07 Å². The van der Waals surface area contributed by atoms with Crippen LogP contribution in [0.1, 0.15) is 11.1 Å². The van der Waals surface area contributed by atoms with Crippen molar-refractivity contribution in [2.75, 3.05) is 45.9 Å². The zero-order valence-corrected chi connectivity index (χ0v) is 19.2. The van der Waals surface area contributed by atoms with E-state index >= 15 is 0 Å². The first-order valence-corrected chi connectivity index (χ1v) is 12.2. The molecule has 0 aliphatic carbocycles. The van der Waals surface area contributed by atoms with Gasteiger partial charge in [0.1, 0.15) is 12.7 Å². The Kier molecular flexibility index (Phi) is 6.68. The summed E-state index contributed by atoms with van der Waals surface area (Å²) in [6.07, 6.45) is -0.242. The second-order valence-electron chi connectivity index (χ2n) is 8.25. The molecule has 8 nitrogen and oxygen atoms in total. The highest BCUT2D eigenvalue weighted by Gasteiger charge is 2.30. The molecule has 0 bridgehead atoms. The number of rotatable bonds is 6. The second kappa shape index (κ2) is 9.48. The highest BCUT2D eigenvalue weighted by molar-refractivity contribution is 7.89. The van der Waals surface area contributed by atoms with E-state index in [0.29, 0.717) is 55.7 Å². The summed E-state index contributed by atoms with van der Waals surface area (Å²) in [5.74, 6) is 1.28. The molecule has 2 heterocycles. The van der Waals surface area contributed by atoms with Crippen LogP contribution in [0.3, 0.4) is 0 Å². The third-order valence-corrected chi connectivity index (χ3v) is 7.79. The molecule has 0 aromatic heterocycles. The van der Waals surface area contributed by atoms with Crippen molar-refractivity contribution < 1.29 is 22.7 Å². The molecule has 2 aromatic carbocycles. The van der Waals surface area contributed by atoms with Gasteiger partial charge in [0.25, 0.3) is 0 Å². The van der Waals surface area contributed by atoms with Crippen molar-refractivity contribution in [3.8, 4) is 11.5 Å². The fourth-order valence-corrected chi connectivity index (χ4v) is 5.63. The summed E-state index contributed by atoms with van der Waals surface area (Å²) < 4.78 is 39.1. The molecular formula is C23H29N3O5S. The smallest absolute Gasteiger partial charge is 0.243 e. The lowest BCUT2D eigenvalue weighted by atomic mass is 10.2. The Labute approximate surface area is 189 Å². The number of para-hydroxylation sites is 2. The van der Waals surface area contributed by atoms with Crippen molar-refractivity contribution in [1.29, 1.82) is 0 Å². The topological polar surface area (TPSA) is 88.2 Å². The lowest BCUT2D eigenvalue weighted by molar-refractivity contribution is -0.123. The molecule has 32 heavy (non-hydrogen) atoms. The van der Waals surface area contributed by atoms with Crippen molar-refractivity contribution in [3.05, 3.63) is 53.6 Å². The van der Waals surface area contributed by atoms with E-state index in [1.165, 1.54) is 4.31 Å². The van der Waals surface area contributed by atoms with Crippen LogP contribution in [0.25, 0.3) is 0 Å². The summed E-state index contributed by atoms with van der Waals surface area (Å²) in [5.41, 5.74) is 1.66. The quantitative estimate of drug-likeness (QED) is 0.706. The Bertz CT molecular complexity index is 1080. The number of nitrogens with one attached hydrogen (secondary N) is 1. The fourth-order valence-electron chi connectivity index (χ4n) is 3.90. The molecular weight excluding hydrogens is 430 g/mol. The molecule has 0 radical (unpaired) electrons. The first-order chi connectivity index (χ1) is 15.3. The summed E-state index contributed by atoms with van der Waals surface area (Å²) in [6, 6.07) is 12.9. The minimum Gasteiger partial charge on any atom is -0.486 e. The fraction of sp³-hybridized carbons (Fsp3) is 0.435. The third-order valence-electron chi connectivity index (χ3n) is 5.75. The molecule has 4 rings (SSSR count). The molecule has 2 aliphatic heterocycles. The predicted octanol–water partition coefficient (Wildman–Crippen LogP) is 1.57. The number of benzene rings is 2. The Morgan fingerprint density at radius 2 is 1.78 bits per heavy atom. The van der Waals surface area contributed by atoms with Gasteiger partial charge in [-0.05, 0) is 43.2 Å². The van der Waals surface area contributed by atoms with Gasteiger partial charge >= 0.3 is 0 Å². The van der Waals surface area contributed by atoms with E-state index in [0.717, 1.165) is 11.1 Å². The van der Waals surface area contributed by atoms with Gasteiger partial charge in [0.15, 0.2) is 11.5 Å². The number of aryl methyl sites for hydroxylation is 2. The molecule has 9 heteroatoms. The highest BCUT2D eigenvalue weighted by atomic mass is 32.2. The highest BCUT2D eigenvalue weighted by Crippen LogP contribution is 2.30. The molecule has 1 saturated heterocycles. The number of hydrogen-bond acceptors (Lipinski definition) is 6. The van der Waals surface area contributed by atoms with E-state index in [4.69, 9.17) is 9.47 Å². The van der Waals surface area contributed by atoms with Gasteiger partial charge in [-0.1, -0.05) is 24.3 Å². The molecule has 1 unspecified atom stereocenters. The number of nitrogens with zero attached hydrogens (tertiary/aromatic N) is 2. The molecule has 1 N–H and O–H groups in total. The van der Waals surface area contributed by atoms with Gasteiger partial charge in [-0.15, -0.1) is 0 Å². The monoisotopic (exact) mass is 459 g/mol. The van der Waals surface area contributed by atoms with Crippen molar-refractivity contribution in [3.63, 3.8) is 0 Å². The number of piperazine rings is 1. The predicted molar refractivity (Wildman–Crippen MR) is 120 cm³/mol. The maximum atomic E-state index is 13.1. The normalized spacial score (nSPS) is 19.5. The van der Waals surface area contributed by atoms with Crippen LogP contribution in [0.15, 0.2) is 47.4 Å². The molecule has 2 aromatic rings. The zero-order chi connectivity index (χ0) is 22.7. The van der Waals surface area contributed by atoms with Gasteiger partial charge in [-0.2, -0.15) is 4.31 Å². The minimum absolute atomic E-state index is 0.113. The molecule has 1 fully saturated rings. The van der Waals surface area contributed by atoms with Crippen LogP contribution in [0.5, 0.6) is 11.5 Å². The standard InChI is InChI=1S/C23H29N3O5S/c1-17-7-8-18(2)22(13-17)32(28,29)26-11-9-25(10-12-26)15-23(27)24-14-19-16-30-20-5-3-4-6-21(20)31-19/h3-8,13,19H,9-12,14-16H2,1-2H3,(H,24,27). The van der Waals surface area contributed by atoms with E-state index in [1.807, 2.05) is 55.1 Å². The summed E-state index contributed by atoms with van der Waals surface area (Å²) in [4.78, 5) is 14.7. The summed E-state index contributed by atoms with van der Waals surface area (Å²) >= 11 is 0. The lowest BCUT2D eigenvalue weighted by Crippen LogP contribution is -2.51. The van der Waals surface area contributed by atoms with Gasteiger partial charge in [-0.3, -0.25) is 9.69 Å². The SMILES string of the molecule is Cc1ccc(C)c(S(=O)(=O)N2CCN(CC(=O)NCC3COc4ccccc4O3)CC2)c1. The second-order valence-corrected chi connectivity index (χ2v) is 10.2. The molecule has 1 amide bonds. The maximum Gasteiger partial charge on any atom is 0.243 e. The van der Waals surface area contributed by atoms with Crippen LogP contribution >= 0.6 is 0 Å². The van der Waals surface area contributed by atoms with Crippen LogP contribution in [-0.4, -0.2) is 75.5 Å². The van der Waals surface area contributed by atoms with Crippen LogP contribution in [0, 0.1) is 13.8 Å². The van der Waals surface area contributed by atoms with Gasteiger partial charge in [0, 0.05) is 26.2 Å². The molecule has 1 atom stereocenters. The van der Waals surface area contributed by atoms with Gasteiger partial charge < -0.3 is 14.8 Å². The maximum absolute atomic E-state index is 13.1. The van der Waals surface area contributed by atoms with Crippen LogP contribution in [0.2, 0.25) is 0 Å². The third kappa shape index (κ3) is 5.06. The number of amides is 1. The Balaban J connectivity index is 1.24. The van der Waals surface area contributed by atoms with Gasteiger partial charge in [0.05, 0.1) is 18.0 Å². The van der Waals surface area contributed by atoms with Crippen molar-refractivity contribution in [2.24, 2.45) is 0 Å². The zero-order valence-electron chi connectivity index (χ0n) is 18.4. The first kappa shape index (κ1) is 22.6. The molecule has 172 valence electrons. The Morgan fingerprint density at radius 1 is 1.06 bits per heavy atom. The molecule has 0 saturated carbocycles. The van der Waals surface area contributed by atoms with Crippen molar-refractivity contribution in [1.82, 2.24) is 14.5 Å². The summed E-state index contributed by atoms with van der Waals surface area (Å²) in [6.45, 7) is 6.40. The average molecular weight is 460 g/mol. The van der Waals surface area contributed by atoms with E-state index in [-0.39, 0.29) is 18.6 Å². The van der Waals surface area contributed by atoms with E-state index in [2.05, 4.69) is 5.32 Å². The number of ether oxygens (including phenoxy) is 2. The van der Waals surface area contributed by atoms with Crippen molar-refractivity contribution in [2.45, 2.75) is 24.8 Å². The minimum atomic E-state index is -3.54. The molecule has 0 spiro atoms. The van der Waals surface area contributed by atoms with Crippen LogP contribution < -0.4 is 14.8 Å². The van der Waals surface area contributed by atoms with Gasteiger partial charge in [-0.25, -0.2) is 8.42 Å². The van der Waals surface area contributed by atoms with Crippen molar-refractivity contribution >= 4 is 15.9 Å². The van der Waals surface area contributed by atoms with Gasteiger partial charge in [0.2, 0.25) is 15.9 Å². The van der Waals surface area contributed by atoms with Crippen LogP contribution in [0.4, 0.5) is 0 Å². The van der Waals surface area contributed by atoms with E-state index in [9.17, 15) is 13.2 Å². The number of fused-ring (bicyclic) bond motifs is 1. The molecule has 2 aliphatic rings. The first-order valence-electron chi connectivity index (χ1n) is 10.8. The number of carbonyl (C=O) groups excluding carboxylic acids is 1. The van der Waals surface area contributed by atoms with E-state index < -0.39 is 10.0 Å². The van der Waals surface area contributed by atoms with Crippen LogP contribution in [-0.2, 0) is 14.8 Å². The summed E-state index contributed by atoms with van der Waals surface area (Å²) in [7, 11) is -3.54. The Hall–Kier alpha value is -2.62. The lowest BCUT2D eigenvalue weighted by Gasteiger charge is -2.34. The number of sulfonamides is 1. The average Bonchev–Trinajstić information content (AvgIpc) is 2.79. The largest absolute Gasteiger partial charge is 0.486 e. The number of carbonyl (C=O) groups is 1. The summed E-state index contributed by atoms with van der Waals surface area (Å²) in [5, 5.41) is 2.89. The number of hydrogen-bond donors (Lipinski definition) is 1. The Morgan fingerprint density at radius 3 is 2.53 bits per heavy atom.